The number of likely N-dealkylation sites (N-methyl/N-ethyl adjacent to an activating group) is 1. The summed E-state index contributed by atoms with van der Waals surface area (Å²) in [6.07, 6.45) is 2.45. The number of carbonyl (C=O) groups is 1. The van der Waals surface area contributed by atoms with E-state index in [-0.39, 0.29) is 17.1 Å². The number of para-hydroxylation sites is 1. The molecule has 0 atom stereocenters. The van der Waals surface area contributed by atoms with Crippen LogP contribution in [0.2, 0.25) is 0 Å². The molecule has 6 rings (SSSR count). The maximum Gasteiger partial charge on any atom is 0.276 e. The lowest BCUT2D eigenvalue weighted by atomic mass is 10.1. The SMILES string of the molecule is COc1cc2c(Oc3ccc(-n4nc(C(=O)Nc5ccccc5)c(C)cc4=O)cc3F)ccnc2cc1OCCCN1CCN(C)CC1. The average molecular weight is 653 g/mol. The Morgan fingerprint density at radius 3 is 2.48 bits per heavy atom. The second-order valence-corrected chi connectivity index (χ2v) is 11.6. The minimum Gasteiger partial charge on any atom is -0.493 e. The summed E-state index contributed by atoms with van der Waals surface area (Å²) in [5, 5.41) is 7.63. The van der Waals surface area contributed by atoms with Crippen LogP contribution in [0.25, 0.3) is 16.6 Å². The first kappa shape index (κ1) is 32.6. The first-order chi connectivity index (χ1) is 23.3. The van der Waals surface area contributed by atoms with Gasteiger partial charge in [0.15, 0.2) is 28.8 Å². The Bertz CT molecular complexity index is 1980. The third-order valence-corrected chi connectivity index (χ3v) is 8.21. The number of halogens is 1. The molecule has 5 aromatic rings. The van der Waals surface area contributed by atoms with Gasteiger partial charge < -0.3 is 29.3 Å². The molecule has 248 valence electrons. The number of nitrogens with one attached hydrogen (secondary N) is 1. The second kappa shape index (κ2) is 14.6. The van der Waals surface area contributed by atoms with Gasteiger partial charge >= 0.3 is 0 Å². The van der Waals surface area contributed by atoms with Crippen LogP contribution in [0.3, 0.4) is 0 Å². The van der Waals surface area contributed by atoms with Crippen LogP contribution < -0.4 is 25.1 Å². The van der Waals surface area contributed by atoms with Gasteiger partial charge in [0.25, 0.3) is 11.5 Å². The fourth-order valence-corrected chi connectivity index (χ4v) is 5.52. The van der Waals surface area contributed by atoms with Crippen molar-refractivity contribution in [2.24, 2.45) is 0 Å². The highest BCUT2D eigenvalue weighted by atomic mass is 19.1. The van der Waals surface area contributed by atoms with E-state index >= 15 is 4.39 Å². The van der Waals surface area contributed by atoms with Crippen molar-refractivity contribution in [2.75, 3.05) is 58.8 Å². The molecule has 0 saturated carbocycles. The van der Waals surface area contributed by atoms with E-state index in [0.717, 1.165) is 49.9 Å². The van der Waals surface area contributed by atoms with E-state index in [0.29, 0.717) is 46.0 Å². The molecule has 0 spiro atoms. The minimum atomic E-state index is -0.728. The number of hydrogen-bond acceptors (Lipinski definition) is 9. The molecular formula is C36H37FN6O5. The van der Waals surface area contributed by atoms with E-state index in [4.69, 9.17) is 14.2 Å². The predicted octanol–water partition coefficient (Wildman–Crippen LogP) is 5.30. The van der Waals surface area contributed by atoms with Crippen molar-refractivity contribution in [3.05, 3.63) is 106 Å². The molecule has 0 radical (unpaired) electrons. The summed E-state index contributed by atoms with van der Waals surface area (Å²) in [5.74, 6) is 0.138. The molecule has 1 fully saturated rings. The maximum absolute atomic E-state index is 15.5. The molecule has 3 heterocycles. The first-order valence-electron chi connectivity index (χ1n) is 15.7. The zero-order valence-corrected chi connectivity index (χ0v) is 27.1. The summed E-state index contributed by atoms with van der Waals surface area (Å²) in [5.41, 5.74) is 1.22. The lowest BCUT2D eigenvalue weighted by Crippen LogP contribution is -2.44. The number of piperazine rings is 1. The molecule has 12 heteroatoms. The van der Waals surface area contributed by atoms with Crippen LogP contribution in [-0.4, -0.2) is 84.0 Å². The monoisotopic (exact) mass is 652 g/mol. The molecule has 1 N–H and O–H groups in total. The van der Waals surface area contributed by atoms with Crippen LogP contribution in [0.5, 0.6) is 23.0 Å². The molecule has 11 nitrogen and oxygen atoms in total. The Kier molecular flexibility index (Phi) is 9.93. The van der Waals surface area contributed by atoms with Gasteiger partial charge in [0.1, 0.15) is 5.75 Å². The first-order valence-corrected chi connectivity index (χ1v) is 15.7. The number of ether oxygens (including phenoxy) is 3. The Balaban J connectivity index is 1.18. The molecule has 1 amide bonds. The summed E-state index contributed by atoms with van der Waals surface area (Å²) in [4.78, 5) is 35.0. The lowest BCUT2D eigenvalue weighted by Gasteiger charge is -2.32. The van der Waals surface area contributed by atoms with E-state index in [1.807, 2.05) is 6.07 Å². The standard InChI is InChI=1S/C36H37FN6O5/c1-24-20-34(44)43(40-35(24)36(45)39-25-8-5-4-6-9-25)26-10-11-31(28(37)21-26)48-30-12-13-38-29-23-33(32(46-3)22-27(29)30)47-19-7-14-42-17-15-41(2)16-18-42/h4-6,8-13,20-23H,7,14-19H2,1-3H3,(H,39,45). The van der Waals surface area contributed by atoms with E-state index in [1.165, 1.54) is 18.2 Å². The van der Waals surface area contributed by atoms with Crippen molar-refractivity contribution in [3.8, 4) is 28.7 Å². The Labute approximate surface area is 277 Å². The number of benzene rings is 3. The summed E-state index contributed by atoms with van der Waals surface area (Å²) < 4.78 is 34.2. The normalized spacial score (nSPS) is 13.8. The number of anilines is 1. The fraction of sp³-hybridized carbons (Fsp3) is 0.278. The molecule has 0 aliphatic carbocycles. The number of methoxy groups -OCH3 is 1. The molecule has 1 aliphatic heterocycles. The third-order valence-electron chi connectivity index (χ3n) is 8.21. The number of rotatable bonds is 11. The summed E-state index contributed by atoms with van der Waals surface area (Å²) >= 11 is 0. The topological polar surface area (TPSA) is 111 Å². The number of aromatic nitrogens is 3. The highest BCUT2D eigenvalue weighted by Crippen LogP contribution is 2.37. The van der Waals surface area contributed by atoms with Crippen molar-refractivity contribution in [3.63, 3.8) is 0 Å². The van der Waals surface area contributed by atoms with E-state index in [1.54, 1.807) is 62.7 Å². The van der Waals surface area contributed by atoms with E-state index in [9.17, 15) is 9.59 Å². The molecular weight excluding hydrogens is 615 g/mol. The van der Waals surface area contributed by atoms with Gasteiger partial charge in [-0.1, -0.05) is 18.2 Å². The van der Waals surface area contributed by atoms with Gasteiger partial charge in [-0.05, 0) is 62.4 Å². The highest BCUT2D eigenvalue weighted by molar-refractivity contribution is 6.03. The number of aryl methyl sites for hydroxylation is 1. The Morgan fingerprint density at radius 1 is 0.938 bits per heavy atom. The van der Waals surface area contributed by atoms with Crippen LogP contribution in [0.4, 0.5) is 10.1 Å². The number of nitrogens with zero attached hydrogens (tertiary/aromatic N) is 5. The lowest BCUT2D eigenvalue weighted by molar-refractivity contribution is 0.102. The fourth-order valence-electron chi connectivity index (χ4n) is 5.52. The van der Waals surface area contributed by atoms with Crippen LogP contribution in [0, 0.1) is 12.7 Å². The largest absolute Gasteiger partial charge is 0.493 e. The van der Waals surface area contributed by atoms with Crippen LogP contribution >= 0.6 is 0 Å². The molecule has 3 aromatic carbocycles. The zero-order valence-electron chi connectivity index (χ0n) is 27.1. The summed E-state index contributed by atoms with van der Waals surface area (Å²) in [6.45, 7) is 7.37. The molecule has 2 aromatic heterocycles. The van der Waals surface area contributed by atoms with E-state index in [2.05, 4.69) is 32.2 Å². The minimum absolute atomic E-state index is 0.0368. The Hall–Kier alpha value is -5.33. The van der Waals surface area contributed by atoms with Crippen molar-refractivity contribution in [1.82, 2.24) is 24.6 Å². The number of carbonyl (C=O) groups excluding carboxylic acids is 1. The zero-order chi connectivity index (χ0) is 33.6. The Morgan fingerprint density at radius 2 is 1.73 bits per heavy atom. The second-order valence-electron chi connectivity index (χ2n) is 11.6. The molecule has 0 unspecified atom stereocenters. The van der Waals surface area contributed by atoms with Gasteiger partial charge in [0, 0.05) is 68.2 Å². The molecule has 48 heavy (non-hydrogen) atoms. The molecule has 1 saturated heterocycles. The molecule has 1 aliphatic rings. The number of amides is 1. The smallest absolute Gasteiger partial charge is 0.276 e. The molecule has 0 bridgehead atoms. The summed E-state index contributed by atoms with van der Waals surface area (Å²) in [6, 6.07) is 19.4. The maximum atomic E-state index is 15.5. The van der Waals surface area contributed by atoms with Crippen molar-refractivity contribution < 1.29 is 23.4 Å². The van der Waals surface area contributed by atoms with Crippen LogP contribution in [-0.2, 0) is 0 Å². The average Bonchev–Trinajstić information content (AvgIpc) is 3.08. The van der Waals surface area contributed by atoms with Crippen molar-refractivity contribution in [1.29, 1.82) is 0 Å². The van der Waals surface area contributed by atoms with Crippen LogP contribution in [0.1, 0.15) is 22.5 Å². The van der Waals surface area contributed by atoms with Gasteiger partial charge in [-0.2, -0.15) is 9.78 Å². The van der Waals surface area contributed by atoms with Gasteiger partial charge in [-0.15, -0.1) is 0 Å². The van der Waals surface area contributed by atoms with Gasteiger partial charge in [0.2, 0.25) is 0 Å². The van der Waals surface area contributed by atoms with Gasteiger partial charge in [-0.3, -0.25) is 14.6 Å². The number of hydrogen-bond donors (Lipinski definition) is 1. The van der Waals surface area contributed by atoms with Gasteiger partial charge in [0.05, 0.1) is 24.9 Å². The number of pyridine rings is 1. The third kappa shape index (κ3) is 7.45. The predicted molar refractivity (Wildman–Crippen MR) is 181 cm³/mol. The van der Waals surface area contributed by atoms with Crippen molar-refractivity contribution >= 4 is 22.5 Å². The van der Waals surface area contributed by atoms with Gasteiger partial charge in [-0.25, -0.2) is 4.39 Å². The van der Waals surface area contributed by atoms with Crippen LogP contribution in [0.15, 0.2) is 83.8 Å². The quantitative estimate of drug-likeness (QED) is 0.190. The summed E-state index contributed by atoms with van der Waals surface area (Å²) in [7, 11) is 3.70. The van der Waals surface area contributed by atoms with E-state index < -0.39 is 17.3 Å². The number of fused-ring (bicyclic) bond motifs is 1. The van der Waals surface area contributed by atoms with Crippen molar-refractivity contribution in [2.45, 2.75) is 13.3 Å². The highest BCUT2D eigenvalue weighted by Gasteiger charge is 2.18.